The van der Waals surface area contributed by atoms with Crippen LogP contribution in [0.4, 0.5) is 10.5 Å². The van der Waals surface area contributed by atoms with E-state index in [1.165, 1.54) is 0 Å². The monoisotopic (exact) mass is 303 g/mol. The van der Waals surface area contributed by atoms with Gasteiger partial charge in [-0.1, -0.05) is 24.8 Å². The molecule has 2 N–H and O–H groups in total. The fourth-order valence-corrected chi connectivity index (χ4v) is 1.86. The lowest BCUT2D eigenvalue weighted by molar-refractivity contribution is 0.104. The van der Waals surface area contributed by atoms with E-state index >= 15 is 0 Å². The topological polar surface area (TPSA) is 53.6 Å². The van der Waals surface area contributed by atoms with Crippen molar-refractivity contribution in [3.8, 4) is 0 Å². The van der Waals surface area contributed by atoms with Crippen LogP contribution in [0.3, 0.4) is 0 Å². The zero-order valence-corrected chi connectivity index (χ0v) is 13.6. The summed E-state index contributed by atoms with van der Waals surface area (Å²) in [6.45, 7) is 14.3. The molecule has 0 heterocycles. The molecule has 0 spiro atoms. The van der Waals surface area contributed by atoms with Crippen LogP contribution in [0, 0.1) is 0 Å². The number of carbonyl (C=O) groups is 1. The summed E-state index contributed by atoms with van der Waals surface area (Å²) in [5.74, 6) is 0. The summed E-state index contributed by atoms with van der Waals surface area (Å²) in [7, 11) is 0. The Bertz CT molecular complexity index is 509. The minimum atomic E-state index is -0.100. The zero-order chi connectivity index (χ0) is 16.5. The summed E-state index contributed by atoms with van der Waals surface area (Å²) in [6.07, 6.45) is 1.65. The van der Waals surface area contributed by atoms with Crippen molar-refractivity contribution >= 4 is 17.4 Å². The molecule has 0 saturated carbocycles. The number of benzene rings is 1. The maximum Gasteiger partial charge on any atom is 0.322 e. The summed E-state index contributed by atoms with van der Waals surface area (Å²) in [5, 5.41) is 2.89. The summed E-state index contributed by atoms with van der Waals surface area (Å²) in [6, 6.07) is 7.57. The molecule has 2 amide bonds. The third kappa shape index (κ3) is 5.26. The molecule has 0 aliphatic carbocycles. The third-order valence-electron chi connectivity index (χ3n) is 2.90. The number of nitrogens with one attached hydrogen (secondary N) is 2. The molecule has 0 bridgehead atoms. The standard InChI is InChI=1S/C17H25N3O2/c1-6-12-22-19-14(5)15-8-10-16(11-9-15)20(7-2)17(21)18-13(3)4/h6,8-11,13,19H,1,5,7,12H2,2-4H3,(H,18,21). The van der Waals surface area contributed by atoms with Crippen molar-refractivity contribution in [1.82, 2.24) is 10.8 Å². The van der Waals surface area contributed by atoms with Crippen LogP contribution in [-0.4, -0.2) is 25.2 Å². The van der Waals surface area contributed by atoms with Crippen molar-refractivity contribution in [2.45, 2.75) is 26.8 Å². The van der Waals surface area contributed by atoms with Gasteiger partial charge in [-0.2, -0.15) is 0 Å². The van der Waals surface area contributed by atoms with Crippen LogP contribution in [0.5, 0.6) is 0 Å². The van der Waals surface area contributed by atoms with E-state index < -0.39 is 0 Å². The molecule has 0 radical (unpaired) electrons. The van der Waals surface area contributed by atoms with Crippen LogP contribution in [0.25, 0.3) is 5.70 Å². The van der Waals surface area contributed by atoms with E-state index in [1.54, 1.807) is 11.0 Å². The average Bonchev–Trinajstić information content (AvgIpc) is 2.48. The number of hydroxylamine groups is 1. The highest BCUT2D eigenvalue weighted by Gasteiger charge is 2.14. The highest BCUT2D eigenvalue weighted by Crippen LogP contribution is 2.18. The van der Waals surface area contributed by atoms with Crippen LogP contribution in [0.2, 0.25) is 0 Å². The smallest absolute Gasteiger partial charge is 0.322 e. The number of carbonyl (C=O) groups excluding carboxylic acids is 1. The molecule has 0 aliphatic heterocycles. The molecule has 22 heavy (non-hydrogen) atoms. The van der Waals surface area contributed by atoms with Crippen molar-refractivity contribution in [3.63, 3.8) is 0 Å². The van der Waals surface area contributed by atoms with Gasteiger partial charge in [0.05, 0.1) is 12.3 Å². The second-order valence-corrected chi connectivity index (χ2v) is 5.08. The first-order chi connectivity index (χ1) is 10.5. The van der Waals surface area contributed by atoms with Gasteiger partial charge in [0.2, 0.25) is 0 Å². The molecule has 5 nitrogen and oxygen atoms in total. The summed E-state index contributed by atoms with van der Waals surface area (Å²) in [5.41, 5.74) is 5.14. The fourth-order valence-electron chi connectivity index (χ4n) is 1.86. The van der Waals surface area contributed by atoms with E-state index in [2.05, 4.69) is 24.0 Å². The first-order valence-corrected chi connectivity index (χ1v) is 7.35. The Balaban J connectivity index is 2.75. The molecule has 0 saturated heterocycles. The van der Waals surface area contributed by atoms with E-state index in [9.17, 15) is 4.79 Å². The highest BCUT2D eigenvalue weighted by atomic mass is 16.6. The van der Waals surface area contributed by atoms with Gasteiger partial charge >= 0.3 is 6.03 Å². The lowest BCUT2D eigenvalue weighted by atomic mass is 10.1. The molecule has 120 valence electrons. The van der Waals surface area contributed by atoms with Crippen molar-refractivity contribution in [2.24, 2.45) is 0 Å². The summed E-state index contributed by atoms with van der Waals surface area (Å²) >= 11 is 0. The second kappa shape index (κ2) is 8.89. The molecule has 0 atom stereocenters. The third-order valence-corrected chi connectivity index (χ3v) is 2.90. The summed E-state index contributed by atoms with van der Waals surface area (Å²) in [4.78, 5) is 19.0. The molecule has 0 aliphatic rings. The SMILES string of the molecule is C=CCONC(=C)c1ccc(N(CC)C(=O)NC(C)C)cc1. The van der Waals surface area contributed by atoms with Gasteiger partial charge in [0.1, 0.15) is 0 Å². The fraction of sp³-hybridized carbons (Fsp3) is 0.353. The van der Waals surface area contributed by atoms with Gasteiger partial charge in [-0.25, -0.2) is 4.79 Å². The number of hydrogen-bond donors (Lipinski definition) is 2. The molecule has 0 fully saturated rings. The van der Waals surface area contributed by atoms with E-state index in [0.29, 0.717) is 18.8 Å². The van der Waals surface area contributed by atoms with E-state index in [1.807, 2.05) is 45.0 Å². The molecule has 0 aromatic heterocycles. The normalized spacial score (nSPS) is 10.2. The van der Waals surface area contributed by atoms with Crippen molar-refractivity contribution < 1.29 is 9.63 Å². The number of nitrogens with zero attached hydrogens (tertiary/aromatic N) is 1. The Hall–Kier alpha value is -2.27. The molecule has 1 aromatic rings. The molecule has 1 rings (SSSR count). The van der Waals surface area contributed by atoms with Gasteiger partial charge < -0.3 is 5.32 Å². The zero-order valence-electron chi connectivity index (χ0n) is 13.6. The number of amides is 2. The molecular weight excluding hydrogens is 278 g/mol. The molecule has 0 unspecified atom stereocenters. The van der Waals surface area contributed by atoms with Gasteiger partial charge in [-0.3, -0.25) is 15.2 Å². The van der Waals surface area contributed by atoms with Crippen molar-refractivity contribution in [3.05, 3.63) is 49.1 Å². The van der Waals surface area contributed by atoms with Crippen molar-refractivity contribution in [2.75, 3.05) is 18.1 Å². The maximum atomic E-state index is 12.1. The van der Waals surface area contributed by atoms with Crippen LogP contribution in [0.15, 0.2) is 43.5 Å². The van der Waals surface area contributed by atoms with Crippen LogP contribution < -0.4 is 15.7 Å². The lowest BCUT2D eigenvalue weighted by Crippen LogP contribution is -2.43. The Labute approximate surface area is 132 Å². The van der Waals surface area contributed by atoms with Crippen LogP contribution in [-0.2, 0) is 4.84 Å². The first-order valence-electron chi connectivity index (χ1n) is 7.35. The largest absolute Gasteiger partial charge is 0.336 e. The Kier molecular flexibility index (Phi) is 7.19. The predicted octanol–water partition coefficient (Wildman–Crippen LogP) is 3.31. The number of hydrogen-bond acceptors (Lipinski definition) is 3. The van der Waals surface area contributed by atoms with E-state index in [-0.39, 0.29) is 12.1 Å². The molecule has 1 aromatic carbocycles. The second-order valence-electron chi connectivity index (χ2n) is 5.08. The van der Waals surface area contributed by atoms with Crippen LogP contribution >= 0.6 is 0 Å². The average molecular weight is 303 g/mol. The highest BCUT2D eigenvalue weighted by molar-refractivity contribution is 5.92. The number of anilines is 1. The van der Waals surface area contributed by atoms with Gasteiger partial charge in [0.25, 0.3) is 0 Å². The Morgan fingerprint density at radius 1 is 1.36 bits per heavy atom. The van der Waals surface area contributed by atoms with E-state index in [4.69, 9.17) is 4.84 Å². The summed E-state index contributed by atoms with van der Waals surface area (Å²) < 4.78 is 0. The van der Waals surface area contributed by atoms with Crippen molar-refractivity contribution in [1.29, 1.82) is 0 Å². The molecular formula is C17H25N3O2. The number of rotatable bonds is 8. The lowest BCUT2D eigenvalue weighted by Gasteiger charge is -2.23. The molecule has 5 heteroatoms. The predicted molar refractivity (Wildman–Crippen MR) is 91.4 cm³/mol. The number of urea groups is 1. The van der Waals surface area contributed by atoms with Gasteiger partial charge in [0, 0.05) is 18.3 Å². The van der Waals surface area contributed by atoms with E-state index in [0.717, 1.165) is 11.3 Å². The quantitative estimate of drug-likeness (QED) is 0.440. The van der Waals surface area contributed by atoms with Gasteiger partial charge in [-0.05, 0) is 38.5 Å². The minimum Gasteiger partial charge on any atom is -0.336 e. The van der Waals surface area contributed by atoms with Gasteiger partial charge in [-0.15, -0.1) is 6.58 Å². The van der Waals surface area contributed by atoms with Crippen LogP contribution in [0.1, 0.15) is 26.3 Å². The Morgan fingerprint density at radius 3 is 2.50 bits per heavy atom. The minimum absolute atomic E-state index is 0.100. The van der Waals surface area contributed by atoms with Gasteiger partial charge in [0.15, 0.2) is 0 Å². The first kappa shape index (κ1) is 17.8. The maximum absolute atomic E-state index is 12.1. The Morgan fingerprint density at radius 2 is 2.00 bits per heavy atom.